The molecule has 0 spiro atoms. The number of nitrogens with zero attached hydrogens (tertiary/aromatic N) is 6. The third kappa shape index (κ3) is 12.8. The minimum atomic E-state index is -4.91. The van der Waals surface area contributed by atoms with E-state index in [1.165, 1.54) is 36.4 Å². The molecule has 0 unspecified atom stereocenters. The zero-order chi connectivity index (χ0) is 48.0. The first kappa shape index (κ1) is 47.4. The summed E-state index contributed by atoms with van der Waals surface area (Å²) in [5.74, 6) is 0.600. The molecule has 0 aliphatic rings. The smallest absolute Gasteiger partial charge is 0.295 e. The first-order chi connectivity index (χ1) is 32.5. The zero-order valence-corrected chi connectivity index (χ0v) is 39.1. The number of halogens is 4. The highest BCUT2D eigenvalue weighted by atomic mass is 35.5. The van der Waals surface area contributed by atoms with Crippen molar-refractivity contribution in [3.8, 4) is 0 Å². The second-order valence-corrected chi connectivity index (χ2v) is 18.7. The molecule has 0 aliphatic carbocycles. The number of nitrogens with one attached hydrogen (secondary N) is 6. The van der Waals surface area contributed by atoms with Crippen LogP contribution >= 0.6 is 46.4 Å². The van der Waals surface area contributed by atoms with Gasteiger partial charge in [0.2, 0.25) is 35.0 Å². The number of aromatic nitrogens is 6. The van der Waals surface area contributed by atoms with Gasteiger partial charge in [0.1, 0.15) is 9.79 Å². The lowest BCUT2D eigenvalue weighted by Crippen LogP contribution is -2.18. The highest BCUT2D eigenvalue weighted by Crippen LogP contribution is 2.28. The molecule has 0 bridgehead atoms. The number of aromatic amines is 2. The Morgan fingerprint density at radius 3 is 1.06 bits per heavy atom. The van der Waals surface area contributed by atoms with E-state index in [9.17, 15) is 25.9 Å². The van der Waals surface area contributed by atoms with Gasteiger partial charge in [-0.2, -0.15) is 36.8 Å². The van der Waals surface area contributed by atoms with Crippen molar-refractivity contribution < 1.29 is 25.9 Å². The van der Waals surface area contributed by atoms with Gasteiger partial charge < -0.3 is 21.3 Å². The van der Waals surface area contributed by atoms with Crippen LogP contribution in [-0.4, -0.2) is 55.8 Å². The minimum Gasteiger partial charge on any atom is -0.326 e. The van der Waals surface area contributed by atoms with Crippen LogP contribution < -0.4 is 32.5 Å². The molecule has 0 saturated heterocycles. The van der Waals surface area contributed by atoms with Crippen molar-refractivity contribution in [3.63, 3.8) is 0 Å². The van der Waals surface area contributed by atoms with Gasteiger partial charge in [-0.1, -0.05) is 70.7 Å². The normalized spacial score (nSPS) is 12.3. The Morgan fingerprint density at radius 1 is 0.441 bits per heavy atom. The van der Waals surface area contributed by atoms with Gasteiger partial charge in [-0.05, 0) is 132 Å². The molecule has 8 N–H and O–H groups in total. The lowest BCUT2D eigenvalue weighted by molar-refractivity contribution is 0.480. The van der Waals surface area contributed by atoms with Crippen LogP contribution in [0.3, 0.4) is 0 Å². The lowest BCUT2D eigenvalue weighted by atomic mass is 10.1. The van der Waals surface area contributed by atoms with Crippen molar-refractivity contribution in [2.75, 3.05) is 21.3 Å². The molecule has 68 heavy (non-hydrogen) atoms. The molecule has 0 atom stereocenters. The zero-order valence-electron chi connectivity index (χ0n) is 34.4. The summed E-state index contributed by atoms with van der Waals surface area (Å²) in [6.07, 6.45) is 2.49. The first-order valence-corrected chi connectivity index (χ1v) is 23.9. The average Bonchev–Trinajstić information content (AvgIpc) is 3.28. The van der Waals surface area contributed by atoms with Crippen LogP contribution in [-0.2, 0) is 20.2 Å². The van der Waals surface area contributed by atoms with Crippen molar-refractivity contribution in [2.45, 2.75) is 9.79 Å². The molecule has 8 rings (SSSR count). The molecule has 0 fully saturated rings. The van der Waals surface area contributed by atoms with E-state index in [0.717, 1.165) is 12.1 Å². The number of hydrogen-bond donors (Lipinski definition) is 8. The summed E-state index contributed by atoms with van der Waals surface area (Å²) in [6, 6.07) is 35.0. The fraction of sp³-hybridized carbons (Fsp3) is 0. The van der Waals surface area contributed by atoms with E-state index in [-0.39, 0.29) is 57.5 Å². The summed E-state index contributed by atoms with van der Waals surface area (Å²) in [7, 11) is -9.82. The van der Waals surface area contributed by atoms with E-state index in [2.05, 4.69) is 61.2 Å². The number of hydrogen-bond acceptors (Lipinski definition) is 14. The highest BCUT2D eigenvalue weighted by molar-refractivity contribution is 7.86. The number of H-pyrrole nitrogens is 2. The van der Waals surface area contributed by atoms with Crippen LogP contribution in [0.1, 0.15) is 11.1 Å². The maximum Gasteiger partial charge on any atom is 0.295 e. The molecule has 8 aromatic rings. The Hall–Kier alpha value is -7.14. The summed E-state index contributed by atoms with van der Waals surface area (Å²) in [6.45, 7) is 0. The van der Waals surface area contributed by atoms with E-state index in [1.54, 1.807) is 97.1 Å². The Balaban J connectivity index is 1.12. The minimum absolute atomic E-state index is 0.0246. The van der Waals surface area contributed by atoms with Crippen molar-refractivity contribution in [1.82, 2.24) is 29.9 Å². The van der Waals surface area contributed by atoms with E-state index in [4.69, 9.17) is 46.4 Å². The quantitative estimate of drug-likeness (QED) is 0.0372. The van der Waals surface area contributed by atoms with Crippen molar-refractivity contribution in [2.24, 2.45) is 9.98 Å². The van der Waals surface area contributed by atoms with Gasteiger partial charge in [0.05, 0.1) is 11.4 Å². The Morgan fingerprint density at radius 2 is 0.750 bits per heavy atom. The predicted octanol–water partition coefficient (Wildman–Crippen LogP) is 10.6. The third-order valence-electron chi connectivity index (χ3n) is 9.20. The standard InChI is InChI=1S/C44H32Cl4N12O6S2/c45-27-5-15-31(16-6-27)49-39-55-40(50-32-17-7-28(46)8-18-32)58-43(57-39)53-35-13-3-25(37(23-35)67(61,62)63)1-2-26-4-14-36(24-38(26)68(64,65)66)54-44-59-41(51-33-19-9-29(47)10-20-33)56-42(60-44)52-34-21-11-30(48)12-22-34/h1-24H,(H,61,62,63)(H,64,65,66)(H3,49,50,53,55,57,58)(H3,51,52,54,56,59,60)/b2-1+. The molecule has 0 radical (unpaired) electrons. The largest absolute Gasteiger partial charge is 0.326 e. The van der Waals surface area contributed by atoms with Crippen LogP contribution in [0, 0.1) is 0 Å². The number of benzene rings is 6. The fourth-order valence-electron chi connectivity index (χ4n) is 6.12. The van der Waals surface area contributed by atoms with Gasteiger partial charge in [0.15, 0.2) is 0 Å². The summed E-state index contributed by atoms with van der Waals surface area (Å²) in [5, 5.41) is 14.4. The van der Waals surface area contributed by atoms with Crippen LogP contribution in [0.2, 0.25) is 20.1 Å². The van der Waals surface area contributed by atoms with Crippen LogP contribution in [0.15, 0.2) is 153 Å². The van der Waals surface area contributed by atoms with E-state index in [0.29, 0.717) is 42.8 Å². The Kier molecular flexibility index (Phi) is 14.2. The summed E-state index contributed by atoms with van der Waals surface area (Å²) >= 11 is 24.2. The van der Waals surface area contributed by atoms with Gasteiger partial charge in [0.25, 0.3) is 20.2 Å². The summed E-state index contributed by atoms with van der Waals surface area (Å²) in [5.41, 5.74) is 2.39. The molecule has 0 aliphatic heterocycles. The van der Waals surface area contributed by atoms with Gasteiger partial charge in [-0.3, -0.25) is 19.1 Å². The van der Waals surface area contributed by atoms with Crippen LogP contribution in [0.5, 0.6) is 0 Å². The summed E-state index contributed by atoms with van der Waals surface area (Å²) in [4.78, 5) is 31.5. The maximum atomic E-state index is 12.8. The molecule has 2 aromatic heterocycles. The van der Waals surface area contributed by atoms with Crippen LogP contribution in [0.4, 0.5) is 57.9 Å². The molecular formula is C44H32Cl4N12O6S2. The Labute approximate surface area is 407 Å². The van der Waals surface area contributed by atoms with Gasteiger partial charge in [-0.25, -0.2) is 9.98 Å². The van der Waals surface area contributed by atoms with Crippen molar-refractivity contribution in [3.05, 3.63) is 176 Å². The molecule has 0 amide bonds. The van der Waals surface area contributed by atoms with E-state index in [1.807, 2.05) is 0 Å². The third-order valence-corrected chi connectivity index (χ3v) is 12.0. The first-order valence-electron chi connectivity index (χ1n) is 19.6. The van der Waals surface area contributed by atoms with Crippen LogP contribution in [0.25, 0.3) is 12.2 Å². The molecule has 2 heterocycles. The maximum absolute atomic E-state index is 12.8. The highest BCUT2D eigenvalue weighted by Gasteiger charge is 2.18. The SMILES string of the molecule is O=S(=O)(O)c1cc(N=c2nc(Nc3ccc(Cl)cc3)nc(Nc3ccc(Cl)cc3)[nH]2)ccc1/C=C/c1ccc(N=c2nc(Nc3ccc(Cl)cc3)nc(Nc3ccc(Cl)cc3)[nH]2)cc1S(=O)(=O)O. The van der Waals surface area contributed by atoms with E-state index >= 15 is 0 Å². The lowest BCUT2D eigenvalue weighted by Gasteiger charge is -2.10. The van der Waals surface area contributed by atoms with Gasteiger partial charge in [0, 0.05) is 42.8 Å². The fourth-order valence-corrected chi connectivity index (χ4v) is 8.03. The number of anilines is 8. The average molecular weight is 1030 g/mol. The predicted molar refractivity (Wildman–Crippen MR) is 264 cm³/mol. The molecule has 6 aromatic carbocycles. The molecule has 0 saturated carbocycles. The summed E-state index contributed by atoms with van der Waals surface area (Å²) < 4.78 is 71.8. The molecule has 344 valence electrons. The topological polar surface area (TPSA) is 265 Å². The monoisotopic (exact) mass is 1030 g/mol. The second kappa shape index (κ2) is 20.4. The molecular weight excluding hydrogens is 999 g/mol. The Bertz CT molecular complexity index is 3190. The molecule has 18 nitrogen and oxygen atoms in total. The van der Waals surface area contributed by atoms with E-state index < -0.39 is 30.0 Å². The van der Waals surface area contributed by atoms with Crippen molar-refractivity contribution >= 4 is 137 Å². The van der Waals surface area contributed by atoms with Gasteiger partial charge >= 0.3 is 0 Å². The number of rotatable bonds is 14. The second-order valence-electron chi connectivity index (χ2n) is 14.2. The molecule has 24 heteroatoms. The van der Waals surface area contributed by atoms with Gasteiger partial charge in [-0.15, -0.1) is 0 Å². The van der Waals surface area contributed by atoms with Crippen molar-refractivity contribution in [1.29, 1.82) is 0 Å².